The fourth-order valence-corrected chi connectivity index (χ4v) is 4.15. The molecule has 0 saturated heterocycles. The Balaban J connectivity index is 2.22. The molecular weight excluding hydrogens is 419 g/mol. The second-order valence-corrected chi connectivity index (χ2v) is 9.39. The van der Waals surface area contributed by atoms with Crippen LogP contribution in [0.25, 0.3) is 0 Å². The quantitative estimate of drug-likeness (QED) is 0.633. The minimum absolute atomic E-state index is 0.0764. The summed E-state index contributed by atoms with van der Waals surface area (Å²) in [6.07, 6.45) is 3.02. The highest BCUT2D eigenvalue weighted by molar-refractivity contribution is 7.92. The van der Waals surface area contributed by atoms with Crippen molar-refractivity contribution in [1.82, 2.24) is 5.32 Å². The van der Waals surface area contributed by atoms with Crippen LogP contribution in [0.4, 0.5) is 5.69 Å². The summed E-state index contributed by atoms with van der Waals surface area (Å²) in [7, 11) is -3.59. The van der Waals surface area contributed by atoms with Gasteiger partial charge in [0.1, 0.15) is 0 Å². The van der Waals surface area contributed by atoms with Gasteiger partial charge in [-0.15, -0.1) is 0 Å². The van der Waals surface area contributed by atoms with Gasteiger partial charge in [-0.3, -0.25) is 9.10 Å². The van der Waals surface area contributed by atoms with Gasteiger partial charge in [-0.25, -0.2) is 8.42 Å². The number of benzene rings is 2. The summed E-state index contributed by atoms with van der Waals surface area (Å²) in [5, 5.41) is 3.40. The van der Waals surface area contributed by atoms with Gasteiger partial charge in [0.25, 0.3) is 5.91 Å². The summed E-state index contributed by atoms with van der Waals surface area (Å²) in [5.74, 6) is -0.148. The number of hydrogen-bond acceptors (Lipinski definition) is 3. The molecule has 2 rings (SSSR count). The van der Waals surface area contributed by atoms with E-state index in [0.29, 0.717) is 11.3 Å². The van der Waals surface area contributed by atoms with Crippen LogP contribution in [0, 0.1) is 0 Å². The third-order valence-corrected chi connectivity index (χ3v) is 6.18. The van der Waals surface area contributed by atoms with Gasteiger partial charge in [0.2, 0.25) is 10.0 Å². The minimum Gasteiger partial charge on any atom is -0.350 e. The number of hydrogen-bond donors (Lipinski definition) is 1. The standard InChI is InChI=1S/C20H24Cl2N2O3S/c1-4-6-14(2)23-20(25)16-11-9-15(10-12-16)13-24(28(3,26)27)18-8-5-7-17(21)19(18)22/h5,7-12,14H,4,6,13H2,1-3H3,(H,23,25)/t14-/m1/s1. The lowest BCUT2D eigenvalue weighted by Gasteiger charge is -2.24. The smallest absolute Gasteiger partial charge is 0.251 e. The van der Waals surface area contributed by atoms with Crippen LogP contribution in [0.5, 0.6) is 0 Å². The SMILES string of the molecule is CCC[C@@H](C)NC(=O)c1ccc(CN(c2cccc(Cl)c2Cl)S(C)(=O)=O)cc1. The third kappa shape index (κ3) is 5.87. The Hall–Kier alpha value is -1.76. The van der Waals surface area contributed by atoms with E-state index in [0.717, 1.165) is 24.7 Å². The molecule has 28 heavy (non-hydrogen) atoms. The van der Waals surface area contributed by atoms with Gasteiger partial charge in [-0.05, 0) is 43.2 Å². The van der Waals surface area contributed by atoms with Gasteiger partial charge in [-0.1, -0.05) is 54.7 Å². The van der Waals surface area contributed by atoms with Crippen molar-refractivity contribution in [2.75, 3.05) is 10.6 Å². The Kier molecular flexibility index (Phi) is 7.75. The monoisotopic (exact) mass is 442 g/mol. The Morgan fingerprint density at radius 3 is 2.36 bits per heavy atom. The molecule has 0 aliphatic rings. The Morgan fingerprint density at radius 1 is 1.14 bits per heavy atom. The Morgan fingerprint density at radius 2 is 1.79 bits per heavy atom. The van der Waals surface area contributed by atoms with Crippen molar-refractivity contribution in [3.8, 4) is 0 Å². The molecule has 8 heteroatoms. The van der Waals surface area contributed by atoms with E-state index in [4.69, 9.17) is 23.2 Å². The number of nitrogens with zero attached hydrogens (tertiary/aromatic N) is 1. The van der Waals surface area contributed by atoms with Crippen molar-refractivity contribution in [3.05, 3.63) is 63.6 Å². The molecule has 5 nitrogen and oxygen atoms in total. The number of rotatable bonds is 8. The molecule has 0 aliphatic heterocycles. The van der Waals surface area contributed by atoms with Gasteiger partial charge < -0.3 is 5.32 Å². The lowest BCUT2D eigenvalue weighted by atomic mass is 10.1. The number of anilines is 1. The molecule has 0 fully saturated rings. The molecule has 0 unspecified atom stereocenters. The molecule has 2 aromatic carbocycles. The summed E-state index contributed by atoms with van der Waals surface area (Å²) in [5.41, 5.74) is 1.56. The van der Waals surface area contributed by atoms with Crippen LogP contribution >= 0.6 is 23.2 Å². The van der Waals surface area contributed by atoms with E-state index in [1.165, 1.54) is 4.31 Å². The average Bonchev–Trinajstić information content (AvgIpc) is 2.62. The maximum Gasteiger partial charge on any atom is 0.251 e. The maximum atomic E-state index is 12.3. The number of sulfonamides is 1. The van der Waals surface area contributed by atoms with Gasteiger partial charge in [0.15, 0.2) is 0 Å². The van der Waals surface area contributed by atoms with E-state index in [2.05, 4.69) is 12.2 Å². The fraction of sp³-hybridized carbons (Fsp3) is 0.350. The lowest BCUT2D eigenvalue weighted by molar-refractivity contribution is 0.0938. The first kappa shape index (κ1) is 22.5. The highest BCUT2D eigenvalue weighted by atomic mass is 35.5. The largest absolute Gasteiger partial charge is 0.350 e. The van der Waals surface area contributed by atoms with Gasteiger partial charge in [-0.2, -0.15) is 0 Å². The Labute approximate surface area is 176 Å². The molecule has 152 valence electrons. The summed E-state index contributed by atoms with van der Waals surface area (Å²) >= 11 is 12.2. The molecule has 0 aliphatic carbocycles. The first-order valence-electron chi connectivity index (χ1n) is 8.95. The first-order chi connectivity index (χ1) is 13.1. The summed E-state index contributed by atoms with van der Waals surface area (Å²) in [6.45, 7) is 4.11. The highest BCUT2D eigenvalue weighted by Crippen LogP contribution is 2.34. The third-order valence-electron chi connectivity index (χ3n) is 4.24. The topological polar surface area (TPSA) is 66.5 Å². The van der Waals surface area contributed by atoms with Gasteiger partial charge in [0, 0.05) is 11.6 Å². The minimum atomic E-state index is -3.59. The van der Waals surface area contributed by atoms with Crippen LogP contribution in [-0.2, 0) is 16.6 Å². The Bertz CT molecular complexity index is 931. The van der Waals surface area contributed by atoms with E-state index in [-0.39, 0.29) is 28.5 Å². The summed E-state index contributed by atoms with van der Waals surface area (Å²) in [4.78, 5) is 12.3. The number of halogens is 2. The number of amides is 1. The van der Waals surface area contributed by atoms with Crippen molar-refractivity contribution >= 4 is 44.8 Å². The molecule has 0 bridgehead atoms. The van der Waals surface area contributed by atoms with E-state index in [1.54, 1.807) is 42.5 Å². The fourth-order valence-electron chi connectivity index (χ4n) is 2.81. The van der Waals surface area contributed by atoms with Crippen LogP contribution in [0.2, 0.25) is 10.0 Å². The van der Waals surface area contributed by atoms with Gasteiger partial charge >= 0.3 is 0 Å². The van der Waals surface area contributed by atoms with Crippen molar-refractivity contribution in [3.63, 3.8) is 0 Å². The molecule has 1 atom stereocenters. The molecule has 0 aromatic heterocycles. The molecular formula is C20H24Cl2N2O3S. The van der Waals surface area contributed by atoms with Crippen LogP contribution < -0.4 is 9.62 Å². The van der Waals surface area contributed by atoms with Gasteiger partial charge in [0.05, 0.1) is 28.5 Å². The van der Waals surface area contributed by atoms with Crippen molar-refractivity contribution < 1.29 is 13.2 Å². The highest BCUT2D eigenvalue weighted by Gasteiger charge is 2.21. The van der Waals surface area contributed by atoms with Crippen LogP contribution in [0.15, 0.2) is 42.5 Å². The van der Waals surface area contributed by atoms with E-state index >= 15 is 0 Å². The molecule has 1 amide bonds. The molecule has 0 saturated carbocycles. The predicted molar refractivity (Wildman–Crippen MR) is 116 cm³/mol. The second kappa shape index (κ2) is 9.63. The zero-order valence-corrected chi connectivity index (χ0v) is 18.4. The first-order valence-corrected chi connectivity index (χ1v) is 11.6. The molecule has 1 N–H and O–H groups in total. The molecule has 0 spiro atoms. The van der Waals surface area contributed by atoms with Crippen LogP contribution in [0.1, 0.15) is 42.6 Å². The zero-order valence-electron chi connectivity index (χ0n) is 16.1. The summed E-state index contributed by atoms with van der Waals surface area (Å²) in [6, 6.07) is 11.8. The van der Waals surface area contributed by atoms with Crippen molar-refractivity contribution in [2.24, 2.45) is 0 Å². The molecule has 2 aromatic rings. The van der Waals surface area contributed by atoms with E-state index < -0.39 is 10.0 Å². The number of carbonyl (C=O) groups excluding carboxylic acids is 1. The van der Waals surface area contributed by atoms with E-state index in [1.807, 2.05) is 6.92 Å². The normalized spacial score (nSPS) is 12.5. The number of nitrogens with one attached hydrogen (secondary N) is 1. The van der Waals surface area contributed by atoms with Crippen molar-refractivity contribution in [2.45, 2.75) is 39.3 Å². The summed E-state index contributed by atoms with van der Waals surface area (Å²) < 4.78 is 25.8. The number of carbonyl (C=O) groups is 1. The van der Waals surface area contributed by atoms with Crippen LogP contribution in [-0.4, -0.2) is 26.6 Å². The molecule has 0 heterocycles. The maximum absolute atomic E-state index is 12.3. The lowest BCUT2D eigenvalue weighted by Crippen LogP contribution is -2.32. The second-order valence-electron chi connectivity index (χ2n) is 6.70. The van der Waals surface area contributed by atoms with E-state index in [9.17, 15) is 13.2 Å². The molecule has 0 radical (unpaired) electrons. The van der Waals surface area contributed by atoms with Crippen molar-refractivity contribution in [1.29, 1.82) is 0 Å². The predicted octanol–water partition coefficient (Wildman–Crippen LogP) is 4.88. The average molecular weight is 443 g/mol. The zero-order chi connectivity index (χ0) is 20.9. The van der Waals surface area contributed by atoms with Crippen LogP contribution in [0.3, 0.4) is 0 Å².